The maximum atomic E-state index is 12.9. The maximum absolute atomic E-state index is 12.9. The summed E-state index contributed by atoms with van der Waals surface area (Å²) in [6.45, 7) is 4.87. The Morgan fingerprint density at radius 2 is 1.84 bits per heavy atom. The summed E-state index contributed by atoms with van der Waals surface area (Å²) in [5.74, 6) is 0. The molecule has 0 spiro atoms. The average Bonchev–Trinajstić information content (AvgIpc) is 2.70. The van der Waals surface area contributed by atoms with Crippen molar-refractivity contribution in [1.29, 1.82) is 0 Å². The smallest absolute Gasteiger partial charge is 0.0504 e. The third-order valence-corrected chi connectivity index (χ3v) is 6.69. The molecule has 1 aliphatic heterocycles. The van der Waals surface area contributed by atoms with E-state index >= 15 is 0 Å². The van der Waals surface area contributed by atoms with Crippen LogP contribution in [0.25, 0.3) is 0 Å². The van der Waals surface area contributed by atoms with Crippen molar-refractivity contribution in [3.05, 3.63) is 0 Å². The maximum Gasteiger partial charge on any atom is 0.0504 e. The summed E-state index contributed by atoms with van der Waals surface area (Å²) in [5, 5.41) is 4.41. The van der Waals surface area contributed by atoms with E-state index in [1.54, 1.807) is 0 Å². The van der Waals surface area contributed by atoms with E-state index in [1.165, 1.54) is 25.7 Å². The first kappa shape index (κ1) is 15.5. The molecule has 2 fully saturated rings. The number of ether oxygens (including phenoxy) is 1. The van der Waals surface area contributed by atoms with Crippen LogP contribution in [0.2, 0.25) is 0 Å². The van der Waals surface area contributed by atoms with Gasteiger partial charge in [0.15, 0.2) is 0 Å². The van der Waals surface area contributed by atoms with Crippen LogP contribution < -0.4 is 5.32 Å². The van der Waals surface area contributed by atoms with Gasteiger partial charge in [-0.05, 0) is 38.6 Å². The fourth-order valence-electron chi connectivity index (χ4n) is 3.27. The highest BCUT2D eigenvalue weighted by Gasteiger charge is 2.33. The van der Waals surface area contributed by atoms with E-state index in [4.69, 9.17) is 4.74 Å². The highest BCUT2D eigenvalue weighted by atomic mass is 32.2. The van der Waals surface area contributed by atoms with Gasteiger partial charge in [-0.15, -0.1) is 0 Å². The minimum Gasteiger partial charge on any atom is -0.381 e. The summed E-state index contributed by atoms with van der Waals surface area (Å²) in [4.78, 5) is 0. The molecule has 0 aromatic heterocycles. The third kappa shape index (κ3) is 4.54. The number of nitrogens with one attached hydrogen (secondary N) is 1. The molecular weight excluding hydrogens is 258 g/mol. The van der Waals surface area contributed by atoms with Gasteiger partial charge in [0, 0.05) is 35.3 Å². The monoisotopic (exact) mass is 287 g/mol. The lowest BCUT2D eigenvalue weighted by Gasteiger charge is -2.31. The molecule has 2 rings (SSSR count). The number of hydrogen-bond donors (Lipinski definition) is 1. The number of rotatable bonds is 5. The molecule has 0 amide bonds. The van der Waals surface area contributed by atoms with Crippen molar-refractivity contribution in [1.82, 2.24) is 5.32 Å². The Bertz CT molecular complexity index is 279. The predicted molar refractivity (Wildman–Crippen MR) is 80.9 cm³/mol. The first-order chi connectivity index (χ1) is 9.33. The van der Waals surface area contributed by atoms with Crippen molar-refractivity contribution in [2.75, 3.05) is 19.8 Å². The third-order valence-electron chi connectivity index (χ3n) is 4.40. The summed E-state index contributed by atoms with van der Waals surface area (Å²) in [5.41, 5.74) is 0. The van der Waals surface area contributed by atoms with Crippen molar-refractivity contribution in [2.45, 2.75) is 74.8 Å². The van der Waals surface area contributed by atoms with Crippen molar-refractivity contribution < 1.29 is 8.95 Å². The van der Waals surface area contributed by atoms with Crippen molar-refractivity contribution in [3.8, 4) is 0 Å². The van der Waals surface area contributed by atoms with Crippen LogP contribution in [-0.2, 0) is 15.5 Å². The minimum atomic E-state index is -0.680. The topological polar surface area (TPSA) is 38.3 Å². The second kappa shape index (κ2) is 8.38. The van der Waals surface area contributed by atoms with Gasteiger partial charge in [0.25, 0.3) is 0 Å². The van der Waals surface area contributed by atoms with Gasteiger partial charge in [-0.3, -0.25) is 4.21 Å². The average molecular weight is 287 g/mol. The van der Waals surface area contributed by atoms with Gasteiger partial charge in [0.2, 0.25) is 0 Å². The minimum absolute atomic E-state index is 0.372. The molecule has 3 unspecified atom stereocenters. The van der Waals surface area contributed by atoms with Crippen LogP contribution in [0.1, 0.15) is 58.3 Å². The van der Waals surface area contributed by atoms with Crippen LogP contribution in [0.4, 0.5) is 0 Å². The van der Waals surface area contributed by atoms with Crippen LogP contribution >= 0.6 is 0 Å². The lowest BCUT2D eigenvalue weighted by Crippen LogP contribution is -2.45. The van der Waals surface area contributed by atoms with Crippen LogP contribution in [0.15, 0.2) is 0 Å². The summed E-state index contributed by atoms with van der Waals surface area (Å²) in [6, 6.07) is 0.478. The van der Waals surface area contributed by atoms with Gasteiger partial charge in [0.05, 0.1) is 5.25 Å². The van der Waals surface area contributed by atoms with E-state index in [0.717, 1.165) is 45.4 Å². The number of hydrogen-bond acceptors (Lipinski definition) is 3. The SMILES string of the molecule is CCCNC1CCCCCC1S(=O)C1CCOCC1. The van der Waals surface area contributed by atoms with E-state index < -0.39 is 10.8 Å². The Morgan fingerprint density at radius 3 is 2.58 bits per heavy atom. The molecule has 1 heterocycles. The molecule has 1 N–H and O–H groups in total. The summed E-state index contributed by atoms with van der Waals surface area (Å²) < 4.78 is 18.3. The zero-order chi connectivity index (χ0) is 13.5. The van der Waals surface area contributed by atoms with Crippen molar-refractivity contribution in [2.24, 2.45) is 0 Å². The van der Waals surface area contributed by atoms with Crippen LogP contribution in [0.3, 0.4) is 0 Å². The van der Waals surface area contributed by atoms with Gasteiger partial charge in [0.1, 0.15) is 0 Å². The second-order valence-electron chi connectivity index (χ2n) is 5.88. The fourth-order valence-corrected chi connectivity index (χ4v) is 5.38. The molecule has 2 aliphatic rings. The Hall–Kier alpha value is 0.0700. The predicted octanol–water partition coefficient (Wildman–Crippen LogP) is 2.62. The molecule has 0 radical (unpaired) electrons. The molecule has 19 heavy (non-hydrogen) atoms. The Morgan fingerprint density at radius 1 is 1.11 bits per heavy atom. The zero-order valence-corrected chi connectivity index (χ0v) is 13.1. The van der Waals surface area contributed by atoms with Gasteiger partial charge in [-0.1, -0.05) is 26.2 Å². The molecule has 112 valence electrons. The van der Waals surface area contributed by atoms with Gasteiger partial charge >= 0.3 is 0 Å². The standard InChI is InChI=1S/C15H29NO2S/c1-2-10-16-14-6-4-3-5-7-15(14)19(17)13-8-11-18-12-9-13/h13-16H,2-12H2,1H3. The largest absolute Gasteiger partial charge is 0.381 e. The summed E-state index contributed by atoms with van der Waals surface area (Å²) >= 11 is 0. The van der Waals surface area contributed by atoms with E-state index in [-0.39, 0.29) is 0 Å². The fraction of sp³-hybridized carbons (Fsp3) is 1.00. The Kier molecular flexibility index (Phi) is 6.82. The van der Waals surface area contributed by atoms with E-state index in [1.807, 2.05) is 0 Å². The van der Waals surface area contributed by atoms with E-state index in [2.05, 4.69) is 12.2 Å². The second-order valence-corrected chi connectivity index (χ2v) is 7.81. The molecule has 3 nitrogen and oxygen atoms in total. The van der Waals surface area contributed by atoms with Crippen molar-refractivity contribution in [3.63, 3.8) is 0 Å². The summed E-state index contributed by atoms with van der Waals surface area (Å²) in [6.07, 6.45) is 9.35. The molecule has 0 aromatic carbocycles. The lowest BCUT2D eigenvalue weighted by molar-refractivity contribution is 0.0990. The van der Waals surface area contributed by atoms with Gasteiger partial charge < -0.3 is 10.1 Å². The molecule has 0 aromatic rings. The van der Waals surface area contributed by atoms with Crippen LogP contribution in [-0.4, -0.2) is 40.5 Å². The van der Waals surface area contributed by atoms with Crippen LogP contribution in [0, 0.1) is 0 Å². The summed E-state index contributed by atoms with van der Waals surface area (Å²) in [7, 11) is -0.680. The molecule has 4 heteroatoms. The lowest BCUT2D eigenvalue weighted by atomic mass is 10.1. The van der Waals surface area contributed by atoms with Crippen molar-refractivity contribution >= 4 is 10.8 Å². The first-order valence-electron chi connectivity index (χ1n) is 8.03. The van der Waals surface area contributed by atoms with Gasteiger partial charge in [-0.2, -0.15) is 0 Å². The van der Waals surface area contributed by atoms with Gasteiger partial charge in [-0.25, -0.2) is 0 Å². The molecule has 3 atom stereocenters. The first-order valence-corrected chi connectivity index (χ1v) is 9.31. The normalized spacial score (nSPS) is 31.8. The molecule has 1 saturated carbocycles. The highest BCUT2D eigenvalue weighted by Crippen LogP contribution is 2.27. The highest BCUT2D eigenvalue weighted by molar-refractivity contribution is 7.86. The molecular formula is C15H29NO2S. The molecule has 0 bridgehead atoms. The van der Waals surface area contributed by atoms with Crippen LogP contribution in [0.5, 0.6) is 0 Å². The molecule has 1 saturated heterocycles. The Balaban J connectivity index is 1.96. The quantitative estimate of drug-likeness (QED) is 0.790. The van der Waals surface area contributed by atoms with E-state index in [0.29, 0.717) is 16.5 Å². The zero-order valence-electron chi connectivity index (χ0n) is 12.2. The Labute approximate surface area is 120 Å². The molecule has 1 aliphatic carbocycles. The van der Waals surface area contributed by atoms with E-state index in [9.17, 15) is 4.21 Å².